The first-order valence-corrected chi connectivity index (χ1v) is 15.3. The zero-order chi connectivity index (χ0) is 22.8. The molecule has 0 aliphatic heterocycles. The SMILES string of the molecule is CC(C)(C)[Si](C)(C)O[C@H]1CC[C@@]2(C)C(=CCC3C2CC[C@]2(C)/C(=C(\F)CO)C=CC32)C1. The highest BCUT2D eigenvalue weighted by Crippen LogP contribution is 2.65. The molecular formula is C27H43FO2Si. The van der Waals surface area contributed by atoms with E-state index in [0.29, 0.717) is 23.9 Å². The lowest BCUT2D eigenvalue weighted by Gasteiger charge is -2.57. The fourth-order valence-corrected chi connectivity index (χ4v) is 8.51. The van der Waals surface area contributed by atoms with Crippen LogP contribution < -0.4 is 0 Å². The summed E-state index contributed by atoms with van der Waals surface area (Å²) in [5.74, 6) is 1.29. The number of fused-ring (bicyclic) bond motifs is 5. The van der Waals surface area contributed by atoms with Crippen molar-refractivity contribution in [3.8, 4) is 0 Å². The lowest BCUT2D eigenvalue weighted by molar-refractivity contribution is -0.0145. The highest BCUT2D eigenvalue weighted by molar-refractivity contribution is 6.74. The van der Waals surface area contributed by atoms with Crippen molar-refractivity contribution in [3.05, 3.63) is 35.2 Å². The molecule has 4 rings (SSSR count). The largest absolute Gasteiger partial charge is 0.414 e. The van der Waals surface area contributed by atoms with E-state index in [2.05, 4.69) is 59.9 Å². The molecule has 0 radical (unpaired) electrons. The Hall–Kier alpha value is -0.713. The summed E-state index contributed by atoms with van der Waals surface area (Å²) in [6.45, 7) is 16.0. The molecule has 0 aromatic carbocycles. The summed E-state index contributed by atoms with van der Waals surface area (Å²) in [6.07, 6.45) is 13.9. The predicted molar refractivity (Wildman–Crippen MR) is 129 cm³/mol. The molecule has 4 aliphatic carbocycles. The third-order valence-electron chi connectivity index (χ3n) is 10.1. The highest BCUT2D eigenvalue weighted by Gasteiger charge is 2.56. The third kappa shape index (κ3) is 3.65. The first-order valence-electron chi connectivity index (χ1n) is 12.4. The van der Waals surface area contributed by atoms with Gasteiger partial charge in [0, 0.05) is 11.5 Å². The first-order chi connectivity index (χ1) is 14.3. The molecule has 0 bridgehead atoms. The van der Waals surface area contributed by atoms with Gasteiger partial charge in [-0.2, -0.15) is 0 Å². The summed E-state index contributed by atoms with van der Waals surface area (Å²) in [6, 6.07) is 0. The molecule has 0 spiro atoms. The van der Waals surface area contributed by atoms with Crippen LogP contribution in [0, 0.1) is 28.6 Å². The molecule has 2 saturated carbocycles. The van der Waals surface area contributed by atoms with Gasteiger partial charge in [0.25, 0.3) is 0 Å². The van der Waals surface area contributed by atoms with Crippen molar-refractivity contribution < 1.29 is 13.9 Å². The molecule has 4 heteroatoms. The van der Waals surface area contributed by atoms with Crippen LogP contribution in [0.1, 0.15) is 73.1 Å². The molecule has 3 unspecified atom stereocenters. The zero-order valence-electron chi connectivity index (χ0n) is 20.7. The Balaban J connectivity index is 1.56. The van der Waals surface area contributed by atoms with Crippen LogP contribution in [-0.4, -0.2) is 26.1 Å². The number of aliphatic hydroxyl groups is 1. The summed E-state index contributed by atoms with van der Waals surface area (Å²) >= 11 is 0. The monoisotopic (exact) mass is 446 g/mol. The van der Waals surface area contributed by atoms with Crippen LogP contribution in [0.4, 0.5) is 4.39 Å². The number of hydrogen-bond acceptors (Lipinski definition) is 2. The van der Waals surface area contributed by atoms with Crippen LogP contribution in [0.25, 0.3) is 0 Å². The summed E-state index contributed by atoms with van der Waals surface area (Å²) in [5.41, 5.74) is 2.49. The van der Waals surface area contributed by atoms with E-state index in [-0.39, 0.29) is 21.7 Å². The lowest BCUT2D eigenvalue weighted by Crippen LogP contribution is -2.51. The van der Waals surface area contributed by atoms with Crippen LogP contribution in [0.2, 0.25) is 18.1 Å². The molecule has 0 aromatic rings. The quantitative estimate of drug-likeness (QED) is 0.363. The number of allylic oxidation sites excluding steroid dienone is 4. The molecule has 6 atom stereocenters. The number of halogens is 1. The van der Waals surface area contributed by atoms with Gasteiger partial charge in [0.05, 0.1) is 6.61 Å². The molecular weight excluding hydrogens is 403 g/mol. The Bertz CT molecular complexity index is 820. The summed E-state index contributed by atoms with van der Waals surface area (Å²) < 4.78 is 21.3. The normalized spacial score (nSPS) is 41.9. The summed E-state index contributed by atoms with van der Waals surface area (Å²) in [7, 11) is -1.75. The van der Waals surface area contributed by atoms with Gasteiger partial charge in [-0.25, -0.2) is 4.39 Å². The molecule has 1 N–H and O–H groups in total. The van der Waals surface area contributed by atoms with Gasteiger partial charge in [-0.3, -0.25) is 0 Å². The Morgan fingerprint density at radius 2 is 1.87 bits per heavy atom. The van der Waals surface area contributed by atoms with Crippen LogP contribution in [0.3, 0.4) is 0 Å². The first kappa shape index (κ1) is 23.4. The summed E-state index contributed by atoms with van der Waals surface area (Å²) in [4.78, 5) is 0. The molecule has 0 aromatic heterocycles. The van der Waals surface area contributed by atoms with Crippen molar-refractivity contribution in [2.75, 3.05) is 6.61 Å². The minimum Gasteiger partial charge on any atom is -0.414 e. The van der Waals surface area contributed by atoms with Crippen LogP contribution >= 0.6 is 0 Å². The topological polar surface area (TPSA) is 29.5 Å². The van der Waals surface area contributed by atoms with E-state index in [4.69, 9.17) is 4.43 Å². The predicted octanol–water partition coefficient (Wildman–Crippen LogP) is 7.33. The van der Waals surface area contributed by atoms with Crippen molar-refractivity contribution in [3.63, 3.8) is 0 Å². The molecule has 4 aliphatic rings. The molecule has 2 nitrogen and oxygen atoms in total. The molecule has 0 saturated heterocycles. The van der Waals surface area contributed by atoms with Crippen LogP contribution in [-0.2, 0) is 4.43 Å². The standard InChI is InChI=1S/C27H43FO2Si/c1-25(2,3)31(6,7)30-19-12-14-26(4)18(16-19)8-9-20-21-10-11-23(24(28)17-29)27(21,5)15-13-22(20)26/h8,10-11,19-22,29H,9,12-17H2,1-7H3/b24-23-/t19-,20?,21?,22?,26-,27-/m0/s1. The third-order valence-corrected chi connectivity index (χ3v) is 14.6. The fraction of sp³-hybridized carbons (Fsp3) is 0.778. The Morgan fingerprint density at radius 1 is 1.19 bits per heavy atom. The number of rotatable bonds is 3. The van der Waals surface area contributed by atoms with Gasteiger partial charge in [0.1, 0.15) is 5.83 Å². The van der Waals surface area contributed by atoms with Crippen LogP contribution in [0.5, 0.6) is 0 Å². The Labute approximate surface area is 190 Å². The average Bonchev–Trinajstić information content (AvgIpc) is 3.04. The van der Waals surface area contributed by atoms with Crippen molar-refractivity contribution in [2.24, 2.45) is 28.6 Å². The van der Waals surface area contributed by atoms with Gasteiger partial charge in [-0.15, -0.1) is 0 Å². The highest BCUT2D eigenvalue weighted by atomic mass is 28.4. The fourth-order valence-electron chi connectivity index (χ4n) is 7.12. The Morgan fingerprint density at radius 3 is 2.52 bits per heavy atom. The Kier molecular flexibility index (Phi) is 5.80. The van der Waals surface area contributed by atoms with E-state index in [1.165, 1.54) is 6.42 Å². The second-order valence-corrected chi connectivity index (χ2v) is 17.5. The van der Waals surface area contributed by atoms with E-state index in [0.717, 1.165) is 37.7 Å². The van der Waals surface area contributed by atoms with Gasteiger partial charge in [0.2, 0.25) is 0 Å². The van der Waals surface area contributed by atoms with E-state index in [1.54, 1.807) is 5.57 Å². The van der Waals surface area contributed by atoms with Gasteiger partial charge in [-0.05, 0) is 85.4 Å². The van der Waals surface area contributed by atoms with E-state index in [1.807, 2.05) is 6.08 Å². The van der Waals surface area contributed by atoms with E-state index in [9.17, 15) is 9.50 Å². The number of aliphatic hydroxyl groups excluding tert-OH is 1. The lowest BCUT2D eigenvalue weighted by atomic mass is 9.47. The van der Waals surface area contributed by atoms with Crippen LogP contribution in [0.15, 0.2) is 35.2 Å². The average molecular weight is 447 g/mol. The molecule has 0 heterocycles. The number of hydrogen-bond donors (Lipinski definition) is 1. The minimum atomic E-state index is -1.75. The van der Waals surface area contributed by atoms with Crippen molar-refractivity contribution in [1.82, 2.24) is 0 Å². The summed E-state index contributed by atoms with van der Waals surface area (Å²) in [5, 5.41) is 9.65. The second-order valence-electron chi connectivity index (χ2n) is 12.7. The second kappa shape index (κ2) is 7.67. The van der Waals surface area contributed by atoms with Gasteiger partial charge >= 0.3 is 0 Å². The van der Waals surface area contributed by atoms with Crippen molar-refractivity contribution in [2.45, 2.75) is 97.4 Å². The maximum atomic E-state index is 14.4. The van der Waals surface area contributed by atoms with Gasteiger partial charge in [-0.1, -0.05) is 58.4 Å². The van der Waals surface area contributed by atoms with E-state index < -0.39 is 14.9 Å². The molecule has 2 fully saturated rings. The van der Waals surface area contributed by atoms with Gasteiger partial charge in [0.15, 0.2) is 8.32 Å². The molecule has 174 valence electrons. The maximum absolute atomic E-state index is 14.4. The minimum absolute atomic E-state index is 0.154. The maximum Gasteiger partial charge on any atom is 0.192 e. The van der Waals surface area contributed by atoms with Crippen molar-refractivity contribution in [1.29, 1.82) is 0 Å². The van der Waals surface area contributed by atoms with Crippen molar-refractivity contribution >= 4 is 8.32 Å². The van der Waals surface area contributed by atoms with Gasteiger partial charge < -0.3 is 9.53 Å². The van der Waals surface area contributed by atoms with E-state index >= 15 is 0 Å². The molecule has 0 amide bonds. The molecule has 31 heavy (non-hydrogen) atoms. The zero-order valence-corrected chi connectivity index (χ0v) is 21.7. The smallest absolute Gasteiger partial charge is 0.192 e.